The second kappa shape index (κ2) is 7.79. The Morgan fingerprint density at radius 2 is 1.93 bits per heavy atom. The highest BCUT2D eigenvalue weighted by Gasteiger charge is 2.27. The third kappa shape index (κ3) is 4.46. The van der Waals surface area contributed by atoms with Crippen molar-refractivity contribution in [3.8, 4) is 5.69 Å². The lowest BCUT2D eigenvalue weighted by Crippen LogP contribution is -2.49. The summed E-state index contributed by atoms with van der Waals surface area (Å²) in [6.07, 6.45) is 3.15. The molecule has 0 aliphatic heterocycles. The predicted molar refractivity (Wildman–Crippen MR) is 99.4 cm³/mol. The van der Waals surface area contributed by atoms with E-state index in [9.17, 15) is 14.4 Å². The van der Waals surface area contributed by atoms with Gasteiger partial charge in [-0.3, -0.25) is 25.2 Å². The quantitative estimate of drug-likeness (QED) is 0.546. The van der Waals surface area contributed by atoms with Crippen molar-refractivity contribution < 1.29 is 14.4 Å². The number of hydrazine groups is 1. The molecule has 1 aliphatic rings. The Morgan fingerprint density at radius 3 is 2.56 bits per heavy atom. The Bertz CT molecular complexity index is 889. The molecule has 3 rings (SSSR count). The van der Waals surface area contributed by atoms with Gasteiger partial charge in [0.15, 0.2) is 0 Å². The van der Waals surface area contributed by atoms with E-state index >= 15 is 0 Å². The number of halogens is 1. The van der Waals surface area contributed by atoms with Crippen LogP contribution >= 0.6 is 11.6 Å². The number of hydrogen-bond acceptors (Lipinski definition) is 4. The third-order valence-electron chi connectivity index (χ3n) is 4.06. The van der Waals surface area contributed by atoms with Gasteiger partial charge in [0.05, 0.1) is 23.1 Å². The summed E-state index contributed by atoms with van der Waals surface area (Å²) >= 11 is 6.04. The van der Waals surface area contributed by atoms with Crippen molar-refractivity contribution >= 4 is 29.3 Å². The number of carbonyl (C=O) groups is 3. The van der Waals surface area contributed by atoms with E-state index in [0.29, 0.717) is 16.3 Å². The molecule has 0 bridgehead atoms. The van der Waals surface area contributed by atoms with E-state index in [1.165, 1.54) is 6.20 Å². The monoisotopic (exact) mass is 389 g/mol. The fraction of sp³-hybridized carbons (Fsp3) is 0.333. The average Bonchev–Trinajstić information content (AvgIpc) is 3.32. The molecule has 2 aromatic rings. The Hall–Kier alpha value is -2.87. The summed E-state index contributed by atoms with van der Waals surface area (Å²) in [7, 11) is 0. The molecule has 3 amide bonds. The molecular weight excluding hydrogens is 370 g/mol. The van der Waals surface area contributed by atoms with Gasteiger partial charge in [0.25, 0.3) is 5.91 Å². The molecule has 1 fully saturated rings. The van der Waals surface area contributed by atoms with Crippen LogP contribution in [0.2, 0.25) is 5.02 Å². The van der Waals surface area contributed by atoms with E-state index in [4.69, 9.17) is 11.6 Å². The lowest BCUT2D eigenvalue weighted by atomic mass is 10.1. The van der Waals surface area contributed by atoms with Gasteiger partial charge in [-0.15, -0.1) is 0 Å². The highest BCUT2D eigenvalue weighted by atomic mass is 35.5. The van der Waals surface area contributed by atoms with E-state index in [1.807, 2.05) is 19.9 Å². The normalized spacial score (nSPS) is 13.3. The summed E-state index contributed by atoms with van der Waals surface area (Å²) in [5, 5.41) is 7.38. The first-order chi connectivity index (χ1) is 12.9. The highest BCUT2D eigenvalue weighted by Crippen LogP contribution is 2.24. The summed E-state index contributed by atoms with van der Waals surface area (Å²) in [5.74, 6) is -2.26. The first kappa shape index (κ1) is 18.9. The number of rotatable bonds is 4. The zero-order valence-electron chi connectivity index (χ0n) is 15.0. The van der Waals surface area contributed by atoms with Crippen LogP contribution in [0.5, 0.6) is 0 Å². The summed E-state index contributed by atoms with van der Waals surface area (Å²) < 4.78 is 1.63. The van der Waals surface area contributed by atoms with Crippen LogP contribution in [-0.4, -0.2) is 33.5 Å². The third-order valence-corrected chi connectivity index (χ3v) is 4.29. The van der Waals surface area contributed by atoms with Gasteiger partial charge < -0.3 is 5.32 Å². The fourth-order valence-corrected chi connectivity index (χ4v) is 2.80. The summed E-state index contributed by atoms with van der Waals surface area (Å²) in [4.78, 5) is 35.9. The van der Waals surface area contributed by atoms with Crippen molar-refractivity contribution in [2.75, 3.05) is 0 Å². The maximum atomic E-state index is 12.5. The number of aromatic nitrogens is 2. The lowest BCUT2D eigenvalue weighted by Gasteiger charge is -2.13. The van der Waals surface area contributed by atoms with Crippen molar-refractivity contribution in [2.24, 2.45) is 0 Å². The molecule has 142 valence electrons. The minimum absolute atomic E-state index is 0.0268. The first-order valence-corrected chi connectivity index (χ1v) is 8.99. The van der Waals surface area contributed by atoms with Crippen LogP contribution in [0.15, 0.2) is 30.5 Å². The van der Waals surface area contributed by atoms with Crippen molar-refractivity contribution in [3.63, 3.8) is 0 Å². The zero-order valence-corrected chi connectivity index (χ0v) is 15.7. The Labute approximate surface area is 161 Å². The number of benzene rings is 1. The Balaban J connectivity index is 1.74. The maximum Gasteiger partial charge on any atom is 0.327 e. The van der Waals surface area contributed by atoms with Gasteiger partial charge in [0.1, 0.15) is 0 Å². The largest absolute Gasteiger partial charge is 0.345 e. The van der Waals surface area contributed by atoms with Gasteiger partial charge in [-0.05, 0) is 37.0 Å². The number of hydrogen-bond donors (Lipinski definition) is 3. The molecule has 1 aromatic heterocycles. The first-order valence-electron chi connectivity index (χ1n) is 8.62. The van der Waals surface area contributed by atoms with Crippen LogP contribution < -0.4 is 16.2 Å². The molecule has 0 spiro atoms. The van der Waals surface area contributed by atoms with Crippen LogP contribution in [0.25, 0.3) is 5.69 Å². The van der Waals surface area contributed by atoms with E-state index in [-0.39, 0.29) is 12.0 Å². The van der Waals surface area contributed by atoms with Gasteiger partial charge in [0, 0.05) is 11.1 Å². The van der Waals surface area contributed by atoms with Gasteiger partial charge in [-0.1, -0.05) is 31.5 Å². The molecular formula is C18H20ClN5O3. The Morgan fingerprint density at radius 1 is 1.19 bits per heavy atom. The SMILES string of the molecule is CC(C)c1c(C(=O)NNC(=O)C(=O)NC2CC2)cnn1-c1cccc(Cl)c1. The molecule has 1 saturated carbocycles. The summed E-state index contributed by atoms with van der Waals surface area (Å²) in [6.45, 7) is 3.85. The second-order valence-electron chi connectivity index (χ2n) is 6.65. The average molecular weight is 390 g/mol. The van der Waals surface area contributed by atoms with Gasteiger partial charge >= 0.3 is 11.8 Å². The molecule has 0 unspecified atom stereocenters. The zero-order chi connectivity index (χ0) is 19.6. The molecule has 0 saturated heterocycles. The van der Waals surface area contributed by atoms with Crippen molar-refractivity contribution in [1.29, 1.82) is 0 Å². The number of nitrogens with zero attached hydrogens (tertiary/aromatic N) is 2. The molecule has 0 radical (unpaired) electrons. The molecule has 1 heterocycles. The van der Waals surface area contributed by atoms with E-state index in [2.05, 4.69) is 21.3 Å². The Kier molecular flexibility index (Phi) is 5.46. The van der Waals surface area contributed by atoms with Crippen LogP contribution in [-0.2, 0) is 9.59 Å². The fourth-order valence-electron chi connectivity index (χ4n) is 2.62. The van der Waals surface area contributed by atoms with Gasteiger partial charge in [-0.25, -0.2) is 4.68 Å². The topological polar surface area (TPSA) is 105 Å². The smallest absolute Gasteiger partial charge is 0.327 e. The van der Waals surface area contributed by atoms with E-state index in [1.54, 1.807) is 22.9 Å². The number of amides is 3. The maximum absolute atomic E-state index is 12.5. The van der Waals surface area contributed by atoms with Crippen LogP contribution in [0, 0.1) is 0 Å². The molecule has 1 aromatic carbocycles. The second-order valence-corrected chi connectivity index (χ2v) is 7.08. The van der Waals surface area contributed by atoms with Crippen molar-refractivity contribution in [3.05, 3.63) is 46.7 Å². The number of nitrogens with one attached hydrogen (secondary N) is 3. The molecule has 27 heavy (non-hydrogen) atoms. The molecule has 1 aliphatic carbocycles. The molecule has 9 heteroatoms. The molecule has 0 atom stereocenters. The van der Waals surface area contributed by atoms with Crippen LogP contribution in [0.4, 0.5) is 0 Å². The number of carbonyl (C=O) groups excluding carboxylic acids is 3. The summed E-state index contributed by atoms with van der Waals surface area (Å²) in [6, 6.07) is 7.17. The van der Waals surface area contributed by atoms with E-state index < -0.39 is 17.7 Å². The molecule has 3 N–H and O–H groups in total. The standard InChI is InChI=1S/C18H20ClN5O3/c1-10(2)15-14(9-20-24(15)13-5-3-4-11(19)8-13)16(25)22-23-18(27)17(26)21-12-6-7-12/h3-5,8-10,12H,6-7H2,1-2H3,(H,21,26)(H,22,25)(H,23,27). The van der Waals surface area contributed by atoms with Crippen molar-refractivity contribution in [2.45, 2.75) is 38.6 Å². The predicted octanol–water partition coefficient (Wildman–Crippen LogP) is 1.69. The van der Waals surface area contributed by atoms with Crippen LogP contribution in [0.3, 0.4) is 0 Å². The van der Waals surface area contributed by atoms with Crippen LogP contribution in [0.1, 0.15) is 48.7 Å². The summed E-state index contributed by atoms with van der Waals surface area (Å²) in [5.41, 5.74) is 6.07. The minimum Gasteiger partial charge on any atom is -0.345 e. The lowest BCUT2D eigenvalue weighted by molar-refractivity contribution is -0.139. The van der Waals surface area contributed by atoms with Gasteiger partial charge in [0.2, 0.25) is 0 Å². The van der Waals surface area contributed by atoms with Crippen molar-refractivity contribution in [1.82, 2.24) is 25.9 Å². The highest BCUT2D eigenvalue weighted by molar-refractivity contribution is 6.35. The van der Waals surface area contributed by atoms with E-state index in [0.717, 1.165) is 18.5 Å². The molecule has 8 nitrogen and oxygen atoms in total. The minimum atomic E-state index is -0.913. The van der Waals surface area contributed by atoms with Gasteiger partial charge in [-0.2, -0.15) is 5.10 Å².